The van der Waals surface area contributed by atoms with E-state index in [1.807, 2.05) is 35.7 Å². The first kappa shape index (κ1) is 14.0. The van der Waals surface area contributed by atoms with E-state index in [1.165, 1.54) is 27.6 Å². The Morgan fingerprint density at radius 1 is 1.29 bits per heavy atom. The van der Waals surface area contributed by atoms with Gasteiger partial charge in [0.15, 0.2) is 12.5 Å². The van der Waals surface area contributed by atoms with Crippen molar-refractivity contribution in [3.8, 4) is 0 Å². The zero-order valence-electron chi connectivity index (χ0n) is 10.7. The van der Waals surface area contributed by atoms with Crippen molar-refractivity contribution in [1.29, 1.82) is 0 Å². The molecular weight excluding hydrogens is 354 g/mol. The maximum atomic E-state index is 12.5. The summed E-state index contributed by atoms with van der Waals surface area (Å²) in [6.45, 7) is 0. The summed E-state index contributed by atoms with van der Waals surface area (Å²) in [6, 6.07) is 11.1. The zero-order valence-corrected chi connectivity index (χ0v) is 13.1. The van der Waals surface area contributed by atoms with Gasteiger partial charge in [-0.2, -0.15) is 5.10 Å². The monoisotopic (exact) mass is 363 g/mol. The minimum atomic E-state index is -0.770. The molecule has 1 aliphatic rings. The topological polar surface area (TPSA) is 53.0 Å². The predicted molar refractivity (Wildman–Crippen MR) is 85.5 cm³/mol. The fourth-order valence-corrected chi connectivity index (χ4v) is 3.51. The van der Waals surface area contributed by atoms with Crippen LogP contribution in [0.5, 0.6) is 0 Å². The average molecular weight is 364 g/mol. The molecule has 0 spiro atoms. The van der Waals surface area contributed by atoms with Gasteiger partial charge in [0.1, 0.15) is 11.2 Å². The highest BCUT2D eigenvalue weighted by molar-refractivity contribution is 9.10. The number of thiophene rings is 1. The van der Waals surface area contributed by atoms with Gasteiger partial charge in [-0.05, 0) is 39.5 Å². The zero-order chi connectivity index (χ0) is 14.8. The molecule has 0 radical (unpaired) electrons. The van der Waals surface area contributed by atoms with E-state index in [0.29, 0.717) is 15.6 Å². The number of amides is 1. The molecule has 0 saturated carbocycles. The molecule has 1 atom stereocenters. The van der Waals surface area contributed by atoms with Crippen LogP contribution in [0, 0.1) is 0 Å². The Kier molecular flexibility index (Phi) is 3.85. The van der Waals surface area contributed by atoms with E-state index in [-0.39, 0.29) is 5.91 Å². The molecule has 0 aliphatic carbocycles. The molecule has 0 saturated heterocycles. The van der Waals surface area contributed by atoms with E-state index in [0.717, 1.165) is 5.69 Å². The summed E-state index contributed by atoms with van der Waals surface area (Å²) in [7, 11) is 0. The third kappa shape index (κ3) is 2.50. The molecule has 1 aromatic carbocycles. The Morgan fingerprint density at radius 2 is 2.05 bits per heavy atom. The van der Waals surface area contributed by atoms with Crippen LogP contribution in [0.15, 0.2) is 51.4 Å². The van der Waals surface area contributed by atoms with Gasteiger partial charge in [-0.15, -0.1) is 11.3 Å². The number of halogens is 1. The molecule has 106 valence electrons. The number of carbonyl (C=O) groups excluding carboxylic acids is 2. The quantitative estimate of drug-likeness (QED) is 0.787. The fraction of sp³-hybridized carbons (Fsp3) is 0.0714. The molecule has 1 unspecified atom stereocenters. The number of para-hydroxylation sites is 1. The largest absolute Gasteiger partial charge is 0.299 e. The number of aldehydes is 1. The second-order valence-electron chi connectivity index (χ2n) is 4.27. The van der Waals surface area contributed by atoms with Gasteiger partial charge in [0.05, 0.1) is 5.69 Å². The molecule has 1 amide bonds. The first-order chi connectivity index (χ1) is 10.2. The van der Waals surface area contributed by atoms with Crippen LogP contribution < -0.4 is 5.01 Å². The number of benzene rings is 1. The summed E-state index contributed by atoms with van der Waals surface area (Å²) in [5.41, 5.74) is 0.756. The molecule has 2 aromatic rings. The van der Waals surface area contributed by atoms with Crippen LogP contribution in [0.2, 0.25) is 0 Å². The Labute approximate surface area is 133 Å². The van der Waals surface area contributed by atoms with Crippen molar-refractivity contribution in [3.63, 3.8) is 0 Å². The Balaban J connectivity index is 1.89. The molecule has 1 aromatic heterocycles. The number of hydrogen-bond donors (Lipinski definition) is 0. The van der Waals surface area contributed by atoms with Gasteiger partial charge in [0, 0.05) is 4.47 Å². The first-order valence-corrected chi connectivity index (χ1v) is 7.79. The van der Waals surface area contributed by atoms with Crippen molar-refractivity contribution in [3.05, 3.63) is 51.1 Å². The van der Waals surface area contributed by atoms with Gasteiger partial charge in [-0.3, -0.25) is 14.5 Å². The first-order valence-electron chi connectivity index (χ1n) is 6.11. The molecule has 0 fully saturated rings. The van der Waals surface area contributed by atoms with Crippen molar-refractivity contribution in [2.24, 2.45) is 5.10 Å². The minimum Gasteiger partial charge on any atom is -0.299 e. The summed E-state index contributed by atoms with van der Waals surface area (Å²) < 4.78 is 0.716. The van der Waals surface area contributed by atoms with Gasteiger partial charge in [-0.25, -0.2) is 5.01 Å². The van der Waals surface area contributed by atoms with Gasteiger partial charge in [-0.1, -0.05) is 18.2 Å². The maximum Gasteiger partial charge on any atom is 0.272 e. The maximum absolute atomic E-state index is 12.5. The number of hydrazone groups is 1. The van der Waals surface area contributed by atoms with Crippen molar-refractivity contribution in [1.82, 2.24) is 4.90 Å². The van der Waals surface area contributed by atoms with Crippen molar-refractivity contribution in [2.45, 2.75) is 6.17 Å². The van der Waals surface area contributed by atoms with Crippen LogP contribution in [0.4, 0.5) is 5.69 Å². The molecular formula is C14H10BrN3O2S. The highest BCUT2D eigenvalue weighted by Gasteiger charge is 2.34. The fourth-order valence-electron chi connectivity index (χ4n) is 2.03. The van der Waals surface area contributed by atoms with Crippen LogP contribution in [0.3, 0.4) is 0 Å². The predicted octanol–water partition coefficient (Wildman–Crippen LogP) is 2.94. The van der Waals surface area contributed by atoms with Crippen LogP contribution in [-0.2, 0) is 4.79 Å². The molecule has 21 heavy (non-hydrogen) atoms. The second-order valence-corrected chi connectivity index (χ2v) is 6.04. The summed E-state index contributed by atoms with van der Waals surface area (Å²) in [4.78, 5) is 25.8. The van der Waals surface area contributed by atoms with E-state index in [1.54, 1.807) is 6.07 Å². The molecule has 7 heteroatoms. The van der Waals surface area contributed by atoms with Crippen LogP contribution in [0.25, 0.3) is 0 Å². The van der Waals surface area contributed by atoms with Crippen molar-refractivity contribution in [2.75, 3.05) is 5.01 Å². The van der Waals surface area contributed by atoms with Gasteiger partial charge < -0.3 is 0 Å². The number of nitrogens with zero attached hydrogens (tertiary/aromatic N) is 3. The van der Waals surface area contributed by atoms with E-state index >= 15 is 0 Å². The van der Waals surface area contributed by atoms with Crippen LogP contribution in [-0.4, -0.2) is 29.6 Å². The Hall–Kier alpha value is -1.99. The van der Waals surface area contributed by atoms with Crippen LogP contribution >= 0.6 is 27.3 Å². The molecule has 3 rings (SSSR count). The SMILES string of the molecule is O=CC1N(C(=O)c2sccc2Br)C=NN1c1ccccc1. The van der Waals surface area contributed by atoms with Crippen LogP contribution in [0.1, 0.15) is 9.67 Å². The number of anilines is 1. The number of carbonyl (C=O) groups is 2. The van der Waals surface area contributed by atoms with Gasteiger partial charge in [0.2, 0.25) is 0 Å². The summed E-state index contributed by atoms with van der Waals surface area (Å²) in [5.74, 6) is -0.254. The normalized spacial score (nSPS) is 17.3. The van der Waals surface area contributed by atoms with E-state index in [9.17, 15) is 9.59 Å². The van der Waals surface area contributed by atoms with Crippen molar-refractivity contribution < 1.29 is 9.59 Å². The molecule has 0 bridgehead atoms. The lowest BCUT2D eigenvalue weighted by molar-refractivity contribution is -0.110. The third-order valence-electron chi connectivity index (χ3n) is 3.02. The summed E-state index contributed by atoms with van der Waals surface area (Å²) in [6.07, 6.45) is 1.33. The van der Waals surface area contributed by atoms with Crippen molar-refractivity contribution >= 4 is 51.5 Å². The molecule has 1 aliphatic heterocycles. The lowest BCUT2D eigenvalue weighted by atomic mass is 10.3. The minimum absolute atomic E-state index is 0.254. The highest BCUT2D eigenvalue weighted by Crippen LogP contribution is 2.27. The highest BCUT2D eigenvalue weighted by atomic mass is 79.9. The molecule has 2 heterocycles. The van der Waals surface area contributed by atoms with Gasteiger partial charge in [0.25, 0.3) is 5.91 Å². The smallest absolute Gasteiger partial charge is 0.272 e. The Bertz CT molecular complexity index is 701. The number of hydrogen-bond acceptors (Lipinski definition) is 5. The summed E-state index contributed by atoms with van der Waals surface area (Å²) in [5, 5.41) is 7.51. The van der Waals surface area contributed by atoms with E-state index in [2.05, 4.69) is 21.0 Å². The second kappa shape index (κ2) is 5.79. The lowest BCUT2D eigenvalue weighted by Gasteiger charge is -2.24. The standard InChI is InChI=1S/C14H10BrN3O2S/c15-11-6-7-21-13(11)14(20)17-9-16-18(12(17)8-19)10-4-2-1-3-5-10/h1-9,12H. The summed E-state index contributed by atoms with van der Waals surface area (Å²) >= 11 is 4.65. The van der Waals surface area contributed by atoms with E-state index < -0.39 is 6.17 Å². The Morgan fingerprint density at radius 3 is 2.67 bits per heavy atom. The lowest BCUT2D eigenvalue weighted by Crippen LogP contribution is -2.44. The molecule has 5 nitrogen and oxygen atoms in total. The third-order valence-corrected chi connectivity index (χ3v) is 4.85. The molecule has 0 N–H and O–H groups in total. The van der Waals surface area contributed by atoms with Gasteiger partial charge >= 0.3 is 0 Å². The van der Waals surface area contributed by atoms with E-state index in [4.69, 9.17) is 0 Å². The number of rotatable bonds is 3. The average Bonchev–Trinajstić information content (AvgIpc) is 3.13.